The van der Waals surface area contributed by atoms with Crippen LogP contribution in [0.15, 0.2) is 53.3 Å². The molecule has 2 aromatic heterocycles. The molecule has 3 N–H and O–H groups in total. The molecule has 1 aliphatic heterocycles. The second-order valence-electron chi connectivity index (χ2n) is 7.37. The van der Waals surface area contributed by atoms with Gasteiger partial charge in [-0.25, -0.2) is 4.39 Å². The van der Waals surface area contributed by atoms with Gasteiger partial charge >= 0.3 is 0 Å². The summed E-state index contributed by atoms with van der Waals surface area (Å²) in [5.41, 5.74) is 2.65. The second kappa shape index (κ2) is 6.56. The molecule has 29 heavy (non-hydrogen) atoms. The number of hydrogen-bond acceptors (Lipinski definition) is 3. The average molecular weight is 390 g/mol. The lowest BCUT2D eigenvalue weighted by Gasteiger charge is -2.34. The number of H-pyrrole nitrogens is 2. The number of amides is 1. The molecule has 0 saturated heterocycles. The molecule has 146 valence electrons. The number of carbonyl (C=O) groups is 1. The van der Waals surface area contributed by atoms with E-state index < -0.39 is 5.82 Å². The molecule has 1 atom stereocenters. The van der Waals surface area contributed by atoms with Gasteiger partial charge in [0.1, 0.15) is 11.5 Å². The van der Waals surface area contributed by atoms with Gasteiger partial charge in [-0.15, -0.1) is 0 Å². The molecule has 3 heterocycles. The Bertz CT molecular complexity index is 1290. The Morgan fingerprint density at radius 1 is 1.10 bits per heavy atom. The maximum absolute atomic E-state index is 13.7. The molecule has 0 bridgehead atoms. The molecule has 7 heteroatoms. The van der Waals surface area contributed by atoms with E-state index in [2.05, 4.69) is 15.3 Å². The number of hydrogen-bond donors (Lipinski definition) is 3. The van der Waals surface area contributed by atoms with E-state index in [9.17, 15) is 14.0 Å². The Hall–Kier alpha value is -3.45. The van der Waals surface area contributed by atoms with Crippen molar-refractivity contribution in [1.82, 2.24) is 20.2 Å². The summed E-state index contributed by atoms with van der Waals surface area (Å²) in [5.74, 6) is -0.613. The molecule has 0 spiro atoms. The number of nitrogens with zero attached hydrogens (tertiary/aromatic N) is 1. The lowest BCUT2D eigenvalue weighted by Crippen LogP contribution is -2.42. The van der Waals surface area contributed by atoms with Crippen molar-refractivity contribution < 1.29 is 9.18 Å². The van der Waals surface area contributed by atoms with Crippen LogP contribution in [0.5, 0.6) is 0 Å². The number of nitrogens with one attached hydrogen (secondary N) is 3. The van der Waals surface area contributed by atoms with E-state index in [1.54, 1.807) is 18.0 Å². The number of rotatable bonds is 2. The van der Waals surface area contributed by atoms with Gasteiger partial charge in [0.2, 0.25) is 0 Å². The number of benzene rings is 2. The van der Waals surface area contributed by atoms with E-state index in [4.69, 9.17) is 0 Å². The van der Waals surface area contributed by atoms with Gasteiger partial charge in [-0.05, 0) is 29.7 Å². The quantitative estimate of drug-likeness (QED) is 0.492. The van der Waals surface area contributed by atoms with Gasteiger partial charge in [0, 0.05) is 42.3 Å². The van der Waals surface area contributed by atoms with Crippen LogP contribution >= 0.6 is 0 Å². The first-order valence-electron chi connectivity index (χ1n) is 9.43. The third-order valence-electron chi connectivity index (χ3n) is 5.63. The molecule has 5 rings (SSSR count). The predicted molar refractivity (Wildman–Crippen MR) is 109 cm³/mol. The van der Waals surface area contributed by atoms with E-state index in [-0.39, 0.29) is 17.5 Å². The molecule has 0 saturated carbocycles. The van der Waals surface area contributed by atoms with E-state index in [0.717, 1.165) is 22.2 Å². The third-order valence-corrected chi connectivity index (χ3v) is 5.63. The predicted octanol–water partition coefficient (Wildman–Crippen LogP) is 3.07. The average Bonchev–Trinajstić information content (AvgIpc) is 3.16. The molecule has 4 aromatic rings. The van der Waals surface area contributed by atoms with Crippen molar-refractivity contribution in [3.8, 4) is 0 Å². The van der Waals surface area contributed by atoms with Crippen LogP contribution in [0.1, 0.15) is 27.8 Å². The highest BCUT2D eigenvalue weighted by Gasteiger charge is 2.30. The summed E-state index contributed by atoms with van der Waals surface area (Å²) in [6.07, 6.45) is 0. The van der Waals surface area contributed by atoms with Crippen LogP contribution in [0, 0.1) is 5.82 Å². The van der Waals surface area contributed by atoms with Crippen LogP contribution in [0.25, 0.3) is 21.7 Å². The van der Waals surface area contributed by atoms with Crippen LogP contribution < -0.4 is 10.9 Å². The number of fused-ring (bicyclic) bond motifs is 4. The zero-order chi connectivity index (χ0) is 20.1. The van der Waals surface area contributed by atoms with Crippen LogP contribution in [0.2, 0.25) is 0 Å². The number of carbonyl (C=O) groups excluding carboxylic acids is 1. The number of aromatic amines is 2. The molecule has 6 nitrogen and oxygen atoms in total. The van der Waals surface area contributed by atoms with Crippen molar-refractivity contribution in [2.45, 2.75) is 12.6 Å². The Morgan fingerprint density at radius 2 is 1.93 bits per heavy atom. The maximum atomic E-state index is 13.7. The zero-order valence-electron chi connectivity index (χ0n) is 15.8. The summed E-state index contributed by atoms with van der Waals surface area (Å²) >= 11 is 0. The molecule has 0 unspecified atom stereocenters. The largest absolute Gasteiger partial charge is 0.351 e. The molecular formula is C22H19FN4O2. The smallest absolute Gasteiger partial charge is 0.270 e. The molecular weight excluding hydrogens is 371 g/mol. The van der Waals surface area contributed by atoms with Crippen molar-refractivity contribution in [3.05, 3.63) is 81.7 Å². The minimum Gasteiger partial charge on any atom is -0.351 e. The molecule has 1 aliphatic rings. The molecule has 1 amide bonds. The van der Waals surface area contributed by atoms with Gasteiger partial charge in [0.05, 0.1) is 11.4 Å². The Balaban J connectivity index is 1.60. The number of halogens is 1. The van der Waals surface area contributed by atoms with Crippen LogP contribution in [-0.4, -0.2) is 34.4 Å². The zero-order valence-corrected chi connectivity index (χ0v) is 15.8. The van der Waals surface area contributed by atoms with Crippen molar-refractivity contribution in [2.75, 3.05) is 13.6 Å². The standard InChI is InChI=1S/C22H19FN4O2/c1-27(22(29)17-8-12-4-2-3-5-16(12)25-17)19-11-24-10-18-20(19)14-7-6-13(23)9-15(14)21(28)26-18/h2-9,19,24-25H,10-11H2,1H3,(H,26,28)/t19-/m0/s1. The number of aromatic nitrogens is 2. The summed E-state index contributed by atoms with van der Waals surface area (Å²) in [6.45, 7) is 1.02. The lowest BCUT2D eigenvalue weighted by atomic mass is 9.94. The third kappa shape index (κ3) is 2.82. The summed E-state index contributed by atoms with van der Waals surface area (Å²) in [6, 6.07) is 13.5. The fourth-order valence-corrected chi connectivity index (χ4v) is 4.18. The highest BCUT2D eigenvalue weighted by atomic mass is 19.1. The summed E-state index contributed by atoms with van der Waals surface area (Å²) in [7, 11) is 1.75. The second-order valence-corrected chi connectivity index (χ2v) is 7.37. The van der Waals surface area contributed by atoms with Gasteiger partial charge in [-0.3, -0.25) is 9.59 Å². The lowest BCUT2D eigenvalue weighted by molar-refractivity contribution is 0.0718. The number of para-hydroxylation sites is 1. The first kappa shape index (κ1) is 17.6. The highest BCUT2D eigenvalue weighted by molar-refractivity contribution is 5.98. The van der Waals surface area contributed by atoms with E-state index in [1.165, 1.54) is 12.1 Å². The van der Waals surface area contributed by atoms with Gasteiger partial charge in [-0.2, -0.15) is 0 Å². The van der Waals surface area contributed by atoms with Gasteiger partial charge in [0.15, 0.2) is 0 Å². The molecule has 0 fully saturated rings. The van der Waals surface area contributed by atoms with Crippen LogP contribution in [0.3, 0.4) is 0 Å². The molecule has 0 radical (unpaired) electrons. The first-order valence-corrected chi connectivity index (χ1v) is 9.43. The van der Waals surface area contributed by atoms with Crippen molar-refractivity contribution >= 4 is 27.6 Å². The first-order chi connectivity index (χ1) is 14.0. The molecule has 2 aromatic carbocycles. The Labute approximate surface area is 165 Å². The van der Waals surface area contributed by atoms with Gasteiger partial charge in [0.25, 0.3) is 11.5 Å². The number of pyridine rings is 1. The van der Waals surface area contributed by atoms with E-state index >= 15 is 0 Å². The monoisotopic (exact) mass is 390 g/mol. The van der Waals surface area contributed by atoms with Gasteiger partial charge < -0.3 is 20.2 Å². The fourth-order valence-electron chi connectivity index (χ4n) is 4.18. The van der Waals surface area contributed by atoms with Crippen molar-refractivity contribution in [2.24, 2.45) is 0 Å². The minimum absolute atomic E-state index is 0.151. The topological polar surface area (TPSA) is 81.0 Å². The van der Waals surface area contributed by atoms with E-state index in [0.29, 0.717) is 29.6 Å². The van der Waals surface area contributed by atoms with Gasteiger partial charge in [-0.1, -0.05) is 24.3 Å². The highest BCUT2D eigenvalue weighted by Crippen LogP contribution is 2.32. The number of likely N-dealkylation sites (N-methyl/N-ethyl adjacent to an activating group) is 1. The summed E-state index contributed by atoms with van der Waals surface area (Å²) in [5, 5.41) is 5.20. The Morgan fingerprint density at radius 3 is 2.76 bits per heavy atom. The Kier molecular flexibility index (Phi) is 3.99. The van der Waals surface area contributed by atoms with Crippen LogP contribution in [0.4, 0.5) is 4.39 Å². The van der Waals surface area contributed by atoms with Crippen molar-refractivity contribution in [3.63, 3.8) is 0 Å². The fraction of sp³-hybridized carbons (Fsp3) is 0.182. The summed E-state index contributed by atoms with van der Waals surface area (Å²) < 4.78 is 13.7. The molecule has 0 aliphatic carbocycles. The van der Waals surface area contributed by atoms with Crippen molar-refractivity contribution in [1.29, 1.82) is 0 Å². The SMILES string of the molecule is CN(C(=O)c1cc2ccccc2[nH]1)[C@H]1CNCc2[nH]c(=O)c3cc(F)ccc3c21. The normalized spacial score (nSPS) is 16.1. The maximum Gasteiger partial charge on any atom is 0.270 e. The van der Waals surface area contributed by atoms with Crippen LogP contribution in [-0.2, 0) is 6.54 Å². The minimum atomic E-state index is -0.462. The van der Waals surface area contributed by atoms with E-state index in [1.807, 2.05) is 30.3 Å². The summed E-state index contributed by atoms with van der Waals surface area (Å²) in [4.78, 5) is 33.3.